The number of aliphatic carboxylic acids is 1. The number of sulfonamides is 1. The van der Waals surface area contributed by atoms with Crippen LogP contribution in [0.5, 0.6) is 0 Å². The van der Waals surface area contributed by atoms with Gasteiger partial charge in [-0.3, -0.25) is 0 Å². The molecule has 5 nitrogen and oxygen atoms in total. The van der Waals surface area contributed by atoms with Crippen molar-refractivity contribution in [2.24, 2.45) is 0 Å². The van der Waals surface area contributed by atoms with Gasteiger partial charge in [-0.05, 0) is 17.2 Å². The second-order valence-electron chi connectivity index (χ2n) is 4.88. The molecule has 0 saturated carbocycles. The van der Waals surface area contributed by atoms with Crippen molar-refractivity contribution in [1.82, 2.24) is 4.31 Å². The first-order chi connectivity index (χ1) is 11.0. The smallest absolute Gasteiger partial charge is 0.236 e. The highest BCUT2D eigenvalue weighted by molar-refractivity contribution is 7.92. The van der Waals surface area contributed by atoms with E-state index >= 15 is 0 Å². The van der Waals surface area contributed by atoms with Crippen LogP contribution < -0.4 is 5.11 Å². The minimum atomic E-state index is -3.88. The van der Waals surface area contributed by atoms with Gasteiger partial charge in [0.25, 0.3) is 0 Å². The first-order valence-electron chi connectivity index (χ1n) is 6.94. The van der Waals surface area contributed by atoms with Gasteiger partial charge in [0.05, 0.1) is 12.5 Å². The van der Waals surface area contributed by atoms with Crippen molar-refractivity contribution in [2.75, 3.05) is 6.54 Å². The van der Waals surface area contributed by atoms with Gasteiger partial charge in [-0.1, -0.05) is 60.7 Å². The molecular weight excluding hydrogens is 314 g/mol. The maximum Gasteiger partial charge on any atom is 0.236 e. The van der Waals surface area contributed by atoms with Crippen molar-refractivity contribution in [3.05, 3.63) is 77.2 Å². The molecule has 2 aromatic carbocycles. The molecule has 0 fully saturated rings. The van der Waals surface area contributed by atoms with Crippen LogP contribution in [-0.2, 0) is 21.4 Å². The highest BCUT2D eigenvalue weighted by Gasteiger charge is 2.19. The van der Waals surface area contributed by atoms with Crippen molar-refractivity contribution in [1.29, 1.82) is 0 Å². The molecule has 6 heteroatoms. The normalized spacial score (nSPS) is 11.9. The van der Waals surface area contributed by atoms with Crippen molar-refractivity contribution in [2.45, 2.75) is 6.54 Å². The van der Waals surface area contributed by atoms with Crippen LogP contribution in [0.1, 0.15) is 11.1 Å². The average Bonchev–Trinajstić information content (AvgIpc) is 2.54. The van der Waals surface area contributed by atoms with Gasteiger partial charge < -0.3 is 9.90 Å². The highest BCUT2D eigenvalue weighted by Crippen LogP contribution is 2.12. The predicted octanol–water partition coefficient (Wildman–Crippen LogP) is 1.24. The van der Waals surface area contributed by atoms with E-state index in [1.54, 1.807) is 54.6 Å². The second-order valence-corrected chi connectivity index (χ2v) is 6.70. The molecule has 0 aliphatic rings. The van der Waals surface area contributed by atoms with E-state index in [1.807, 2.05) is 6.07 Å². The largest absolute Gasteiger partial charge is 0.549 e. The lowest BCUT2D eigenvalue weighted by Gasteiger charge is -2.20. The fraction of sp³-hybridized carbons (Fsp3) is 0.118. The van der Waals surface area contributed by atoms with Crippen LogP contribution in [0.15, 0.2) is 66.1 Å². The van der Waals surface area contributed by atoms with Crippen molar-refractivity contribution in [3.8, 4) is 0 Å². The lowest BCUT2D eigenvalue weighted by atomic mass is 10.2. The van der Waals surface area contributed by atoms with E-state index in [9.17, 15) is 18.3 Å². The Bertz CT molecular complexity index is 771. The van der Waals surface area contributed by atoms with Gasteiger partial charge in [0, 0.05) is 12.0 Å². The molecule has 0 radical (unpaired) electrons. The van der Waals surface area contributed by atoms with Gasteiger partial charge in [-0.15, -0.1) is 0 Å². The zero-order chi connectivity index (χ0) is 16.7. The van der Waals surface area contributed by atoms with Crippen molar-refractivity contribution < 1.29 is 18.3 Å². The summed E-state index contributed by atoms with van der Waals surface area (Å²) < 4.78 is 25.7. The predicted molar refractivity (Wildman–Crippen MR) is 86.3 cm³/mol. The van der Waals surface area contributed by atoms with Gasteiger partial charge in [0.15, 0.2) is 0 Å². The number of carboxylic acids is 1. The molecule has 0 spiro atoms. The lowest BCUT2D eigenvalue weighted by molar-refractivity contribution is -0.305. The number of nitrogens with zero attached hydrogens (tertiary/aromatic N) is 1. The van der Waals surface area contributed by atoms with Gasteiger partial charge in [0.1, 0.15) is 0 Å². The Hall–Kier alpha value is -2.44. The highest BCUT2D eigenvalue weighted by atomic mass is 32.2. The third kappa shape index (κ3) is 5.36. The third-order valence-electron chi connectivity index (χ3n) is 3.10. The maximum absolute atomic E-state index is 12.4. The van der Waals surface area contributed by atoms with Gasteiger partial charge in [0.2, 0.25) is 10.0 Å². The summed E-state index contributed by atoms with van der Waals surface area (Å²) in [5.74, 6) is -1.45. The fourth-order valence-electron chi connectivity index (χ4n) is 1.98. The summed E-state index contributed by atoms with van der Waals surface area (Å²) >= 11 is 0. The summed E-state index contributed by atoms with van der Waals surface area (Å²) in [6, 6.07) is 17.7. The van der Waals surface area contributed by atoms with E-state index in [4.69, 9.17) is 0 Å². The minimum Gasteiger partial charge on any atom is -0.549 e. The Morgan fingerprint density at radius 1 is 1.00 bits per heavy atom. The number of rotatable bonds is 7. The Morgan fingerprint density at radius 3 is 2.13 bits per heavy atom. The maximum atomic E-state index is 12.4. The molecule has 23 heavy (non-hydrogen) atoms. The standard InChI is InChI=1S/C17H17NO4S/c19-17(20)14-18(13-16-9-5-2-6-10-16)23(21,22)12-11-15-7-3-1-4-8-15/h1-12H,13-14H2,(H,19,20)/p-1/b12-11+. The quantitative estimate of drug-likeness (QED) is 0.765. The first kappa shape index (κ1) is 16.9. The summed E-state index contributed by atoms with van der Waals surface area (Å²) in [6.07, 6.45) is 1.43. The summed E-state index contributed by atoms with van der Waals surface area (Å²) in [6.45, 7) is -0.730. The van der Waals surface area contributed by atoms with Crippen molar-refractivity contribution in [3.63, 3.8) is 0 Å². The Labute approximate surface area is 135 Å². The number of hydrogen-bond acceptors (Lipinski definition) is 4. The van der Waals surface area contributed by atoms with Crippen LogP contribution in [0.4, 0.5) is 0 Å². The summed E-state index contributed by atoms with van der Waals surface area (Å²) in [4.78, 5) is 10.9. The van der Waals surface area contributed by atoms with E-state index < -0.39 is 22.5 Å². The van der Waals surface area contributed by atoms with Crippen LogP contribution in [-0.4, -0.2) is 25.2 Å². The molecule has 0 amide bonds. The molecule has 0 N–H and O–H groups in total. The van der Waals surface area contributed by atoms with E-state index in [0.717, 1.165) is 9.71 Å². The molecule has 0 bridgehead atoms. The average molecular weight is 330 g/mol. The summed E-state index contributed by atoms with van der Waals surface area (Å²) in [5.41, 5.74) is 1.41. The molecule has 120 valence electrons. The molecule has 0 aliphatic heterocycles. The first-order valence-corrected chi connectivity index (χ1v) is 8.45. The van der Waals surface area contributed by atoms with Gasteiger partial charge in [-0.2, -0.15) is 4.31 Å². The lowest BCUT2D eigenvalue weighted by Crippen LogP contribution is -2.40. The van der Waals surface area contributed by atoms with Crippen LogP contribution in [0.25, 0.3) is 6.08 Å². The van der Waals surface area contributed by atoms with Crippen LogP contribution in [0.2, 0.25) is 0 Å². The third-order valence-corrected chi connectivity index (χ3v) is 4.56. The molecule has 0 aromatic heterocycles. The topological polar surface area (TPSA) is 77.5 Å². The second kappa shape index (κ2) is 7.71. The van der Waals surface area contributed by atoms with E-state index in [-0.39, 0.29) is 6.54 Å². The molecule has 0 aliphatic carbocycles. The zero-order valence-electron chi connectivity index (χ0n) is 12.3. The van der Waals surface area contributed by atoms with Crippen LogP contribution in [0, 0.1) is 0 Å². The van der Waals surface area contributed by atoms with Crippen LogP contribution >= 0.6 is 0 Å². The Morgan fingerprint density at radius 2 is 1.57 bits per heavy atom. The molecular formula is C17H16NO4S-. The minimum absolute atomic E-state index is 0.0315. The number of carboxylic acid groups (broad SMARTS) is 1. The van der Waals surface area contributed by atoms with Crippen molar-refractivity contribution >= 4 is 22.1 Å². The van der Waals surface area contributed by atoms with Crippen LogP contribution in [0.3, 0.4) is 0 Å². The Balaban J connectivity index is 2.22. The van der Waals surface area contributed by atoms with Gasteiger partial charge in [-0.25, -0.2) is 8.42 Å². The van der Waals surface area contributed by atoms with Gasteiger partial charge >= 0.3 is 0 Å². The Kier molecular flexibility index (Phi) is 5.67. The monoisotopic (exact) mass is 330 g/mol. The zero-order valence-corrected chi connectivity index (χ0v) is 13.1. The molecule has 2 aromatic rings. The van der Waals surface area contributed by atoms with E-state index in [0.29, 0.717) is 11.1 Å². The number of hydrogen-bond donors (Lipinski definition) is 0. The SMILES string of the molecule is O=C([O-])CN(Cc1ccccc1)S(=O)(=O)/C=C/c1ccccc1. The number of benzene rings is 2. The molecule has 0 heterocycles. The summed E-state index contributed by atoms with van der Waals surface area (Å²) in [7, 11) is -3.88. The molecule has 0 saturated heterocycles. The number of carbonyl (C=O) groups excluding carboxylic acids is 1. The van der Waals surface area contributed by atoms with E-state index in [2.05, 4.69) is 0 Å². The number of carbonyl (C=O) groups is 1. The molecule has 0 unspecified atom stereocenters. The molecule has 0 atom stereocenters. The summed E-state index contributed by atoms with van der Waals surface area (Å²) in [5, 5.41) is 11.9. The van der Waals surface area contributed by atoms with E-state index in [1.165, 1.54) is 6.08 Å². The fourth-order valence-corrected chi connectivity index (χ4v) is 3.10. The molecule has 2 rings (SSSR count).